The van der Waals surface area contributed by atoms with Crippen LogP contribution in [0.5, 0.6) is 0 Å². The minimum atomic E-state index is -0.414. The molecular weight excluding hydrogens is 273 g/mol. The molecular formula is C12H9Cl2N3O. The molecule has 18 heavy (non-hydrogen) atoms. The molecule has 0 unspecified atom stereocenters. The van der Waals surface area contributed by atoms with E-state index in [2.05, 4.69) is 10.3 Å². The summed E-state index contributed by atoms with van der Waals surface area (Å²) >= 11 is 11.9. The molecule has 1 aromatic heterocycles. The van der Waals surface area contributed by atoms with Crippen LogP contribution in [0.15, 0.2) is 36.5 Å². The number of aromatic nitrogens is 1. The van der Waals surface area contributed by atoms with Gasteiger partial charge in [0.15, 0.2) is 0 Å². The molecule has 0 aliphatic heterocycles. The fraction of sp³-hybridized carbons (Fsp3) is 0. The Morgan fingerprint density at radius 1 is 1.17 bits per heavy atom. The summed E-state index contributed by atoms with van der Waals surface area (Å²) in [6.45, 7) is 0. The predicted molar refractivity (Wildman–Crippen MR) is 73.1 cm³/mol. The molecule has 1 heterocycles. The molecule has 0 aliphatic rings. The number of pyridine rings is 1. The SMILES string of the molecule is Nc1ccc(NC(=O)c2c(Cl)cccc2Cl)nc1. The number of rotatable bonds is 2. The second-order valence-electron chi connectivity index (χ2n) is 3.53. The van der Waals surface area contributed by atoms with E-state index in [1.165, 1.54) is 6.20 Å². The Morgan fingerprint density at radius 3 is 2.39 bits per heavy atom. The van der Waals surface area contributed by atoms with Crippen molar-refractivity contribution in [1.29, 1.82) is 0 Å². The van der Waals surface area contributed by atoms with Crippen LogP contribution in [0.1, 0.15) is 10.4 Å². The first-order chi connectivity index (χ1) is 8.58. The Balaban J connectivity index is 2.25. The highest BCUT2D eigenvalue weighted by molar-refractivity contribution is 6.40. The lowest BCUT2D eigenvalue weighted by atomic mass is 10.2. The van der Waals surface area contributed by atoms with Crippen molar-refractivity contribution in [1.82, 2.24) is 4.98 Å². The first-order valence-corrected chi connectivity index (χ1v) is 5.80. The lowest BCUT2D eigenvalue weighted by Gasteiger charge is -2.07. The Labute approximate surface area is 114 Å². The summed E-state index contributed by atoms with van der Waals surface area (Å²) in [5.41, 5.74) is 6.24. The van der Waals surface area contributed by atoms with Gasteiger partial charge in [0.1, 0.15) is 5.82 Å². The van der Waals surface area contributed by atoms with Crippen LogP contribution in [0.4, 0.5) is 11.5 Å². The van der Waals surface area contributed by atoms with Crippen LogP contribution in [-0.4, -0.2) is 10.9 Å². The number of nitrogen functional groups attached to an aromatic ring is 1. The first-order valence-electron chi connectivity index (χ1n) is 5.05. The normalized spacial score (nSPS) is 10.1. The van der Waals surface area contributed by atoms with Crippen LogP contribution in [0, 0.1) is 0 Å². The number of anilines is 2. The fourth-order valence-corrected chi connectivity index (χ4v) is 1.94. The quantitative estimate of drug-likeness (QED) is 0.888. The van der Waals surface area contributed by atoms with Gasteiger partial charge < -0.3 is 11.1 Å². The largest absolute Gasteiger partial charge is 0.397 e. The highest BCUT2D eigenvalue weighted by Gasteiger charge is 2.14. The Kier molecular flexibility index (Phi) is 3.69. The number of nitrogens with zero attached hydrogens (tertiary/aromatic N) is 1. The third-order valence-electron chi connectivity index (χ3n) is 2.22. The van der Waals surface area contributed by atoms with Gasteiger partial charge in [-0.1, -0.05) is 29.3 Å². The van der Waals surface area contributed by atoms with Crippen LogP contribution in [0.3, 0.4) is 0 Å². The average molecular weight is 282 g/mol. The van der Waals surface area contributed by atoms with Crippen molar-refractivity contribution in [3.63, 3.8) is 0 Å². The summed E-state index contributed by atoms with van der Waals surface area (Å²) in [4.78, 5) is 15.9. The summed E-state index contributed by atoms with van der Waals surface area (Å²) in [6.07, 6.45) is 1.45. The number of amides is 1. The summed E-state index contributed by atoms with van der Waals surface area (Å²) < 4.78 is 0. The highest BCUT2D eigenvalue weighted by atomic mass is 35.5. The predicted octanol–water partition coefficient (Wildman–Crippen LogP) is 3.22. The maximum Gasteiger partial charge on any atom is 0.259 e. The maximum absolute atomic E-state index is 12.0. The Hall–Kier alpha value is -1.78. The van der Waals surface area contributed by atoms with Crippen molar-refractivity contribution in [3.8, 4) is 0 Å². The maximum atomic E-state index is 12.0. The van der Waals surface area contributed by atoms with Gasteiger partial charge in [0.2, 0.25) is 0 Å². The molecule has 3 N–H and O–H groups in total. The number of hydrogen-bond donors (Lipinski definition) is 2. The van der Waals surface area contributed by atoms with Gasteiger partial charge in [-0.2, -0.15) is 0 Å². The number of benzene rings is 1. The van der Waals surface area contributed by atoms with Crippen molar-refractivity contribution in [2.24, 2.45) is 0 Å². The molecule has 0 radical (unpaired) electrons. The average Bonchev–Trinajstić information content (AvgIpc) is 2.32. The van der Waals surface area contributed by atoms with Gasteiger partial charge in [0, 0.05) is 0 Å². The number of nitrogens with two attached hydrogens (primary N) is 1. The molecule has 1 amide bonds. The number of hydrogen-bond acceptors (Lipinski definition) is 3. The van der Waals surface area contributed by atoms with Crippen molar-refractivity contribution in [2.75, 3.05) is 11.1 Å². The molecule has 0 fully saturated rings. The highest BCUT2D eigenvalue weighted by Crippen LogP contribution is 2.25. The summed E-state index contributed by atoms with van der Waals surface area (Å²) in [6, 6.07) is 8.09. The van der Waals surface area contributed by atoms with E-state index in [1.54, 1.807) is 30.3 Å². The molecule has 92 valence electrons. The molecule has 1 aromatic carbocycles. The van der Waals surface area contributed by atoms with Gasteiger partial charge in [0.05, 0.1) is 27.5 Å². The number of carbonyl (C=O) groups is 1. The Bertz CT molecular complexity index is 564. The van der Waals surface area contributed by atoms with Crippen LogP contribution in [0.25, 0.3) is 0 Å². The fourth-order valence-electron chi connectivity index (χ4n) is 1.37. The minimum Gasteiger partial charge on any atom is -0.397 e. The van der Waals surface area contributed by atoms with Crippen molar-refractivity contribution < 1.29 is 4.79 Å². The molecule has 0 saturated carbocycles. The molecule has 0 saturated heterocycles. The van der Waals surface area contributed by atoms with E-state index in [-0.39, 0.29) is 15.6 Å². The van der Waals surface area contributed by atoms with Crippen molar-refractivity contribution in [2.45, 2.75) is 0 Å². The zero-order valence-corrected chi connectivity index (χ0v) is 10.7. The van der Waals surface area contributed by atoms with E-state index in [0.717, 1.165) is 0 Å². The molecule has 0 aliphatic carbocycles. The number of carbonyl (C=O) groups excluding carboxylic acids is 1. The van der Waals surface area contributed by atoms with Crippen LogP contribution in [-0.2, 0) is 0 Å². The van der Waals surface area contributed by atoms with Gasteiger partial charge in [0.25, 0.3) is 5.91 Å². The van der Waals surface area contributed by atoms with Crippen LogP contribution >= 0.6 is 23.2 Å². The van der Waals surface area contributed by atoms with E-state index in [9.17, 15) is 4.79 Å². The van der Waals surface area contributed by atoms with Gasteiger partial charge in [-0.05, 0) is 24.3 Å². The van der Waals surface area contributed by atoms with Crippen molar-refractivity contribution >= 4 is 40.6 Å². The van der Waals surface area contributed by atoms with E-state index in [0.29, 0.717) is 11.5 Å². The topological polar surface area (TPSA) is 68.0 Å². The van der Waals surface area contributed by atoms with Gasteiger partial charge in [-0.3, -0.25) is 4.79 Å². The standard InChI is InChI=1S/C12H9Cl2N3O/c13-8-2-1-3-9(14)11(8)12(18)17-10-5-4-7(15)6-16-10/h1-6H,15H2,(H,16,17,18). The zero-order chi connectivity index (χ0) is 13.1. The van der Waals surface area contributed by atoms with Gasteiger partial charge >= 0.3 is 0 Å². The molecule has 6 heteroatoms. The number of halogens is 2. The lowest BCUT2D eigenvalue weighted by Crippen LogP contribution is -2.14. The second-order valence-corrected chi connectivity index (χ2v) is 4.34. The summed E-state index contributed by atoms with van der Waals surface area (Å²) in [5.74, 6) is -0.0342. The van der Waals surface area contributed by atoms with Gasteiger partial charge in [-0.25, -0.2) is 4.98 Å². The molecule has 2 aromatic rings. The smallest absolute Gasteiger partial charge is 0.259 e. The Morgan fingerprint density at radius 2 is 1.83 bits per heavy atom. The zero-order valence-electron chi connectivity index (χ0n) is 9.15. The lowest BCUT2D eigenvalue weighted by molar-refractivity contribution is 0.102. The van der Waals surface area contributed by atoms with E-state index < -0.39 is 5.91 Å². The van der Waals surface area contributed by atoms with Crippen molar-refractivity contribution in [3.05, 3.63) is 52.1 Å². The third-order valence-corrected chi connectivity index (χ3v) is 2.85. The monoisotopic (exact) mass is 281 g/mol. The van der Waals surface area contributed by atoms with Crippen LogP contribution < -0.4 is 11.1 Å². The number of nitrogens with one attached hydrogen (secondary N) is 1. The summed E-state index contributed by atoms with van der Waals surface area (Å²) in [5, 5.41) is 3.17. The molecule has 2 rings (SSSR count). The summed E-state index contributed by atoms with van der Waals surface area (Å²) in [7, 11) is 0. The second kappa shape index (κ2) is 5.25. The van der Waals surface area contributed by atoms with Crippen LogP contribution in [0.2, 0.25) is 10.0 Å². The first kappa shape index (κ1) is 12.7. The molecule has 0 atom stereocenters. The van der Waals surface area contributed by atoms with E-state index in [1.807, 2.05) is 0 Å². The van der Waals surface area contributed by atoms with E-state index >= 15 is 0 Å². The molecule has 0 spiro atoms. The van der Waals surface area contributed by atoms with Gasteiger partial charge in [-0.15, -0.1) is 0 Å². The minimum absolute atomic E-state index is 0.222. The van der Waals surface area contributed by atoms with E-state index in [4.69, 9.17) is 28.9 Å². The molecule has 4 nitrogen and oxygen atoms in total. The molecule has 0 bridgehead atoms. The third kappa shape index (κ3) is 2.72.